The Balaban J connectivity index is 1.04. The van der Waals surface area contributed by atoms with Crippen LogP contribution >= 0.6 is 0 Å². The lowest BCUT2D eigenvalue weighted by molar-refractivity contribution is 0.0964. The van der Waals surface area contributed by atoms with E-state index in [2.05, 4.69) is 45.5 Å². The zero-order chi connectivity index (χ0) is 29.1. The van der Waals surface area contributed by atoms with Crippen molar-refractivity contribution in [3.8, 4) is 6.07 Å². The Labute approximate surface area is 254 Å². The monoisotopic (exact) mass is 590 g/mol. The van der Waals surface area contributed by atoms with Crippen LogP contribution in [0.3, 0.4) is 0 Å². The van der Waals surface area contributed by atoms with Gasteiger partial charge in [0, 0.05) is 47.4 Å². The number of likely N-dealkylation sites (tertiary alicyclic amines) is 1. The first kappa shape index (κ1) is 29.8. The van der Waals surface area contributed by atoms with Crippen LogP contribution in [0.25, 0.3) is 0 Å². The molecule has 2 saturated heterocycles. The van der Waals surface area contributed by atoms with Crippen LogP contribution in [0.15, 0.2) is 53.4 Å². The van der Waals surface area contributed by atoms with Crippen molar-refractivity contribution in [1.29, 1.82) is 5.26 Å². The van der Waals surface area contributed by atoms with Gasteiger partial charge in [-0.15, -0.1) is 0 Å². The predicted octanol–water partition coefficient (Wildman–Crippen LogP) is 6.26. The fourth-order valence-corrected chi connectivity index (χ4v) is 10.2. The molecule has 2 saturated carbocycles. The van der Waals surface area contributed by atoms with Crippen LogP contribution in [0.2, 0.25) is 0 Å². The van der Waals surface area contributed by atoms with Crippen LogP contribution in [-0.2, 0) is 16.2 Å². The summed E-state index contributed by atoms with van der Waals surface area (Å²) in [5, 5.41) is 14.6. The summed E-state index contributed by atoms with van der Waals surface area (Å²) in [6.45, 7) is 5.21. The van der Waals surface area contributed by atoms with Crippen molar-refractivity contribution in [2.45, 2.75) is 85.8 Å². The molecule has 4 atom stereocenters. The van der Waals surface area contributed by atoms with E-state index in [-0.39, 0.29) is 17.7 Å². The van der Waals surface area contributed by atoms with Crippen LogP contribution in [0.5, 0.6) is 0 Å². The van der Waals surface area contributed by atoms with Crippen molar-refractivity contribution in [1.82, 2.24) is 10.2 Å². The molecule has 0 bridgehead atoms. The zero-order valence-corrected chi connectivity index (χ0v) is 26.0. The first-order chi connectivity index (χ1) is 20.5. The number of nitriles is 1. The summed E-state index contributed by atoms with van der Waals surface area (Å²) in [5.41, 5.74) is 1.45. The molecular weight excluding hydrogens is 543 g/mol. The molecule has 0 radical (unpaired) electrons. The summed E-state index contributed by atoms with van der Waals surface area (Å²) in [6.07, 6.45) is 11.1. The van der Waals surface area contributed by atoms with E-state index in [1.165, 1.54) is 31.0 Å². The van der Waals surface area contributed by atoms with Crippen molar-refractivity contribution in [3.05, 3.63) is 59.9 Å². The van der Waals surface area contributed by atoms with E-state index in [0.717, 1.165) is 88.1 Å². The van der Waals surface area contributed by atoms with Crippen LogP contribution in [-0.4, -0.2) is 60.2 Å². The number of anilines is 1. The maximum absolute atomic E-state index is 14.5. The van der Waals surface area contributed by atoms with E-state index in [9.17, 15) is 13.9 Å². The van der Waals surface area contributed by atoms with Crippen LogP contribution in [0.4, 0.5) is 10.1 Å². The molecule has 2 aromatic rings. The normalized spacial score (nSPS) is 26.8. The maximum atomic E-state index is 14.5. The van der Waals surface area contributed by atoms with Gasteiger partial charge in [-0.25, -0.2) is 4.39 Å². The van der Waals surface area contributed by atoms with E-state index < -0.39 is 16.2 Å². The zero-order valence-electron chi connectivity index (χ0n) is 25.1. The summed E-state index contributed by atoms with van der Waals surface area (Å²) in [7, 11) is 1.13. The average molecular weight is 591 g/mol. The lowest BCUT2D eigenvalue weighted by atomic mass is 9.59. The molecule has 226 valence electrons. The van der Waals surface area contributed by atoms with Gasteiger partial charge in [0.05, 0.1) is 22.3 Å². The second-order valence-electron chi connectivity index (χ2n) is 13.3. The molecular formula is C35H47FN4OS. The number of rotatable bonds is 9. The molecule has 7 heteroatoms. The fraction of sp³-hybridized carbons (Fsp3) is 0.629. The minimum atomic E-state index is -0.882. The molecule has 42 heavy (non-hydrogen) atoms. The third-order valence-electron chi connectivity index (χ3n) is 11.0. The molecule has 0 amide bonds. The van der Waals surface area contributed by atoms with E-state index >= 15 is 0 Å². The molecule has 0 aromatic heterocycles. The quantitative estimate of drug-likeness (QED) is 0.373. The van der Waals surface area contributed by atoms with Crippen LogP contribution in [0, 0.1) is 34.9 Å². The number of benzene rings is 2. The minimum absolute atomic E-state index is 0.206. The van der Waals surface area contributed by atoms with Gasteiger partial charge in [-0.1, -0.05) is 37.8 Å². The van der Waals surface area contributed by atoms with Gasteiger partial charge in [-0.3, -0.25) is 4.21 Å². The third-order valence-corrected chi connectivity index (χ3v) is 12.8. The van der Waals surface area contributed by atoms with Crippen molar-refractivity contribution < 1.29 is 8.60 Å². The molecule has 2 aliphatic carbocycles. The van der Waals surface area contributed by atoms with Crippen LogP contribution in [0.1, 0.15) is 69.8 Å². The van der Waals surface area contributed by atoms with Crippen molar-refractivity contribution in [2.24, 2.45) is 17.8 Å². The van der Waals surface area contributed by atoms with E-state index in [4.69, 9.17) is 0 Å². The highest BCUT2D eigenvalue weighted by atomic mass is 32.2. The molecule has 4 fully saturated rings. The van der Waals surface area contributed by atoms with E-state index in [0.29, 0.717) is 17.2 Å². The first-order valence-electron chi connectivity index (χ1n) is 16.3. The van der Waals surface area contributed by atoms with Gasteiger partial charge >= 0.3 is 0 Å². The van der Waals surface area contributed by atoms with Gasteiger partial charge in [0.2, 0.25) is 0 Å². The molecule has 2 aliphatic heterocycles. The molecule has 2 aromatic carbocycles. The molecule has 2 heterocycles. The Hall–Kier alpha value is -2.27. The second kappa shape index (κ2) is 13.2. The highest BCUT2D eigenvalue weighted by Crippen LogP contribution is 2.50. The van der Waals surface area contributed by atoms with E-state index in [1.54, 1.807) is 12.1 Å². The first-order valence-corrected chi connectivity index (χ1v) is 17.6. The lowest BCUT2D eigenvalue weighted by Gasteiger charge is -2.48. The van der Waals surface area contributed by atoms with Crippen molar-refractivity contribution in [2.75, 3.05) is 44.7 Å². The minimum Gasteiger partial charge on any atom is -0.371 e. The van der Waals surface area contributed by atoms with Crippen LogP contribution < -0.4 is 10.2 Å². The largest absolute Gasteiger partial charge is 0.371 e. The number of nitrogens with zero attached hydrogens (tertiary/aromatic N) is 3. The number of nitrogens with one attached hydrogen (secondary N) is 1. The Kier molecular flexibility index (Phi) is 9.33. The molecule has 6 rings (SSSR count). The molecule has 4 aliphatic rings. The Morgan fingerprint density at radius 3 is 2.38 bits per heavy atom. The van der Waals surface area contributed by atoms with Gasteiger partial charge in [0.1, 0.15) is 5.82 Å². The molecule has 1 N–H and O–H groups in total. The lowest BCUT2D eigenvalue weighted by Crippen LogP contribution is -2.54. The number of piperidine rings is 1. The Bertz CT molecular complexity index is 1260. The number of hydrogen-bond acceptors (Lipinski definition) is 5. The maximum Gasteiger partial charge on any atom is 0.123 e. The van der Waals surface area contributed by atoms with Crippen molar-refractivity contribution in [3.63, 3.8) is 0 Å². The Morgan fingerprint density at radius 1 is 0.976 bits per heavy atom. The fourth-order valence-electron chi connectivity index (χ4n) is 8.68. The van der Waals surface area contributed by atoms with Gasteiger partial charge in [-0.2, -0.15) is 5.26 Å². The highest BCUT2D eigenvalue weighted by Gasteiger charge is 2.52. The van der Waals surface area contributed by atoms with Crippen molar-refractivity contribution >= 4 is 16.5 Å². The van der Waals surface area contributed by atoms with Gasteiger partial charge in [0.15, 0.2) is 0 Å². The smallest absolute Gasteiger partial charge is 0.123 e. The van der Waals surface area contributed by atoms with E-state index in [1.807, 2.05) is 13.1 Å². The SMILES string of the molecule is CNC1CCCC1C(C#N)(c1cccc(F)c1)C1CCN(CC2CN(c3ccc(S(=O)C4CCCCC4)cc3)C2)CC1. The summed E-state index contributed by atoms with van der Waals surface area (Å²) >= 11 is 0. The summed E-state index contributed by atoms with van der Waals surface area (Å²) in [6, 6.07) is 18.5. The van der Waals surface area contributed by atoms with Gasteiger partial charge in [-0.05, 0) is 112 Å². The predicted molar refractivity (Wildman–Crippen MR) is 168 cm³/mol. The third kappa shape index (κ3) is 5.92. The molecule has 0 spiro atoms. The summed E-state index contributed by atoms with van der Waals surface area (Å²) < 4.78 is 27.5. The molecule has 4 unspecified atom stereocenters. The average Bonchev–Trinajstić information content (AvgIpc) is 3.50. The van der Waals surface area contributed by atoms with Gasteiger partial charge < -0.3 is 15.1 Å². The van der Waals surface area contributed by atoms with Gasteiger partial charge in [0.25, 0.3) is 0 Å². The second-order valence-corrected chi connectivity index (χ2v) is 15.1. The number of halogens is 1. The Morgan fingerprint density at radius 2 is 1.71 bits per heavy atom. The topological polar surface area (TPSA) is 59.4 Å². The highest BCUT2D eigenvalue weighted by molar-refractivity contribution is 7.85. The summed E-state index contributed by atoms with van der Waals surface area (Å²) in [5.74, 6) is 0.836. The standard InChI is InChI=1S/C35H47FN4OS/c1-38-34-12-6-11-33(34)35(25-37,28-7-5-8-29(36)21-28)27-17-19-39(20-18-27)22-26-23-40(24-26)30-13-15-32(16-14-30)42(41)31-9-3-2-4-10-31/h5,7-8,13-16,21,26-27,31,33-34,38H,2-4,6,9-12,17-20,22-24H2,1H3. The number of hydrogen-bond donors (Lipinski definition) is 1. The summed E-state index contributed by atoms with van der Waals surface area (Å²) in [4.78, 5) is 6.01. The molecule has 5 nitrogen and oxygen atoms in total.